The molecule has 2 saturated carbocycles. The third-order valence-electron chi connectivity index (χ3n) is 5.10. The molecule has 3 unspecified atom stereocenters. The monoisotopic (exact) mass is 269 g/mol. The minimum Gasteiger partial charge on any atom is -0.384 e. The van der Waals surface area contributed by atoms with Gasteiger partial charge in [-0.05, 0) is 32.1 Å². The first-order valence-corrected chi connectivity index (χ1v) is 8.07. The first-order valence-electron chi connectivity index (χ1n) is 8.07. The summed E-state index contributed by atoms with van der Waals surface area (Å²) in [6.45, 7) is 7.15. The molecule has 2 fully saturated rings. The Kier molecular flexibility index (Phi) is 5.67. The predicted octanol–water partition coefficient (Wildman–Crippen LogP) is 2.99. The lowest BCUT2D eigenvalue weighted by Gasteiger charge is -2.58. The summed E-state index contributed by atoms with van der Waals surface area (Å²) >= 11 is 0. The summed E-state index contributed by atoms with van der Waals surface area (Å²) in [7, 11) is 1.79. The molecule has 0 heterocycles. The van der Waals surface area contributed by atoms with Gasteiger partial charge in [-0.3, -0.25) is 0 Å². The van der Waals surface area contributed by atoms with Crippen molar-refractivity contribution >= 4 is 0 Å². The summed E-state index contributed by atoms with van der Waals surface area (Å²) in [5.74, 6) is 0.594. The molecule has 1 spiro atoms. The Morgan fingerprint density at radius 2 is 2.00 bits per heavy atom. The van der Waals surface area contributed by atoms with E-state index < -0.39 is 0 Å². The quantitative estimate of drug-likeness (QED) is 0.771. The normalized spacial score (nSPS) is 31.1. The van der Waals surface area contributed by atoms with Crippen LogP contribution in [0.5, 0.6) is 0 Å². The van der Waals surface area contributed by atoms with E-state index in [9.17, 15) is 0 Å². The van der Waals surface area contributed by atoms with E-state index in [0.717, 1.165) is 19.8 Å². The third kappa shape index (κ3) is 3.32. The lowest BCUT2D eigenvalue weighted by Crippen LogP contribution is -2.65. The fourth-order valence-electron chi connectivity index (χ4n) is 4.04. The smallest absolute Gasteiger partial charge is 0.0661 e. The van der Waals surface area contributed by atoms with Crippen LogP contribution in [0.15, 0.2) is 0 Å². The van der Waals surface area contributed by atoms with Crippen molar-refractivity contribution in [3.05, 3.63) is 0 Å². The van der Waals surface area contributed by atoms with Gasteiger partial charge in [0.2, 0.25) is 0 Å². The maximum atomic E-state index is 5.99. The molecule has 0 aromatic carbocycles. The van der Waals surface area contributed by atoms with Gasteiger partial charge in [0.15, 0.2) is 0 Å². The molecule has 0 aromatic rings. The van der Waals surface area contributed by atoms with Gasteiger partial charge in [0, 0.05) is 38.3 Å². The van der Waals surface area contributed by atoms with Gasteiger partial charge in [0.1, 0.15) is 0 Å². The maximum Gasteiger partial charge on any atom is 0.0661 e. The highest BCUT2D eigenvalue weighted by molar-refractivity contribution is 5.08. The standard InChI is InChI=1S/C16H31NO2/c1-4-19-15-10-14(17-11-13(2)12-18-3)16(15)8-6-5-7-9-16/h13-15,17H,4-12H2,1-3H3. The second-order valence-corrected chi connectivity index (χ2v) is 6.49. The molecule has 3 nitrogen and oxygen atoms in total. The van der Waals surface area contributed by atoms with Gasteiger partial charge < -0.3 is 14.8 Å². The molecular weight excluding hydrogens is 238 g/mol. The van der Waals surface area contributed by atoms with E-state index in [2.05, 4.69) is 19.2 Å². The zero-order valence-corrected chi connectivity index (χ0v) is 12.9. The van der Waals surface area contributed by atoms with Crippen LogP contribution in [0.25, 0.3) is 0 Å². The van der Waals surface area contributed by atoms with Crippen LogP contribution in [0.4, 0.5) is 0 Å². The molecule has 1 N–H and O–H groups in total. The fourth-order valence-corrected chi connectivity index (χ4v) is 4.04. The molecule has 2 aliphatic carbocycles. The van der Waals surface area contributed by atoms with E-state index in [4.69, 9.17) is 9.47 Å². The zero-order valence-electron chi connectivity index (χ0n) is 12.9. The Balaban J connectivity index is 1.86. The predicted molar refractivity (Wildman–Crippen MR) is 78.4 cm³/mol. The zero-order chi connectivity index (χ0) is 13.7. The van der Waals surface area contributed by atoms with Crippen LogP contribution >= 0.6 is 0 Å². The van der Waals surface area contributed by atoms with Crippen molar-refractivity contribution in [1.29, 1.82) is 0 Å². The summed E-state index contributed by atoms with van der Waals surface area (Å²) in [5.41, 5.74) is 0.445. The Hall–Kier alpha value is -0.120. The Labute approximate surface area is 118 Å². The van der Waals surface area contributed by atoms with Gasteiger partial charge >= 0.3 is 0 Å². The molecule has 19 heavy (non-hydrogen) atoms. The van der Waals surface area contributed by atoms with Gasteiger partial charge in [-0.1, -0.05) is 26.2 Å². The second-order valence-electron chi connectivity index (χ2n) is 6.49. The van der Waals surface area contributed by atoms with E-state index >= 15 is 0 Å². The largest absolute Gasteiger partial charge is 0.384 e. The van der Waals surface area contributed by atoms with Crippen LogP contribution < -0.4 is 5.32 Å². The summed E-state index contributed by atoms with van der Waals surface area (Å²) < 4.78 is 11.2. The van der Waals surface area contributed by atoms with Crippen molar-refractivity contribution in [3.63, 3.8) is 0 Å². The summed E-state index contributed by atoms with van der Waals surface area (Å²) in [6, 6.07) is 0.670. The molecular formula is C16H31NO2. The number of rotatable bonds is 7. The number of nitrogens with one attached hydrogen (secondary N) is 1. The SMILES string of the molecule is CCOC1CC(NCC(C)COC)C12CCCCC2. The van der Waals surface area contributed by atoms with Gasteiger partial charge in [-0.2, -0.15) is 0 Å². The van der Waals surface area contributed by atoms with Crippen molar-refractivity contribution in [2.75, 3.05) is 26.9 Å². The number of ether oxygens (including phenoxy) is 2. The Bertz CT molecular complexity index is 263. The van der Waals surface area contributed by atoms with Crippen molar-refractivity contribution in [3.8, 4) is 0 Å². The van der Waals surface area contributed by atoms with E-state index in [1.54, 1.807) is 7.11 Å². The topological polar surface area (TPSA) is 30.5 Å². The molecule has 0 aliphatic heterocycles. The molecule has 0 amide bonds. The molecule has 3 heteroatoms. The van der Waals surface area contributed by atoms with Gasteiger partial charge in [-0.15, -0.1) is 0 Å². The van der Waals surface area contributed by atoms with Crippen LogP contribution in [0, 0.1) is 11.3 Å². The molecule has 3 atom stereocenters. The average molecular weight is 269 g/mol. The number of hydrogen-bond donors (Lipinski definition) is 1. The van der Waals surface area contributed by atoms with Crippen LogP contribution in [0.2, 0.25) is 0 Å². The first kappa shape index (κ1) is 15.3. The van der Waals surface area contributed by atoms with Crippen LogP contribution in [-0.4, -0.2) is 39.0 Å². The molecule has 0 saturated heterocycles. The molecule has 2 rings (SSSR count). The molecule has 0 radical (unpaired) electrons. The summed E-state index contributed by atoms with van der Waals surface area (Å²) in [5, 5.41) is 3.79. The number of methoxy groups -OCH3 is 1. The summed E-state index contributed by atoms with van der Waals surface area (Å²) in [6.07, 6.45) is 8.60. The van der Waals surface area contributed by atoms with Crippen molar-refractivity contribution < 1.29 is 9.47 Å². The molecule has 112 valence electrons. The third-order valence-corrected chi connectivity index (χ3v) is 5.10. The van der Waals surface area contributed by atoms with E-state index in [1.807, 2.05) is 0 Å². The molecule has 2 aliphatic rings. The van der Waals surface area contributed by atoms with E-state index in [-0.39, 0.29) is 0 Å². The second kappa shape index (κ2) is 7.05. The van der Waals surface area contributed by atoms with Crippen molar-refractivity contribution in [1.82, 2.24) is 5.32 Å². The van der Waals surface area contributed by atoms with Gasteiger partial charge in [0.05, 0.1) is 6.10 Å². The fraction of sp³-hybridized carbons (Fsp3) is 1.00. The average Bonchev–Trinajstić information content (AvgIpc) is 2.43. The van der Waals surface area contributed by atoms with Crippen LogP contribution in [-0.2, 0) is 9.47 Å². The van der Waals surface area contributed by atoms with Gasteiger partial charge in [-0.25, -0.2) is 0 Å². The van der Waals surface area contributed by atoms with Gasteiger partial charge in [0.25, 0.3) is 0 Å². The summed E-state index contributed by atoms with van der Waals surface area (Å²) in [4.78, 5) is 0. The molecule has 0 aromatic heterocycles. The van der Waals surface area contributed by atoms with Crippen molar-refractivity contribution in [2.45, 2.75) is 64.5 Å². The Morgan fingerprint density at radius 1 is 1.26 bits per heavy atom. The lowest BCUT2D eigenvalue weighted by molar-refractivity contribution is -0.150. The first-order chi connectivity index (χ1) is 9.23. The lowest BCUT2D eigenvalue weighted by atomic mass is 9.55. The van der Waals surface area contributed by atoms with E-state index in [1.165, 1.54) is 38.5 Å². The minimum atomic E-state index is 0.445. The van der Waals surface area contributed by atoms with E-state index in [0.29, 0.717) is 23.5 Å². The van der Waals surface area contributed by atoms with Crippen molar-refractivity contribution in [2.24, 2.45) is 11.3 Å². The highest BCUT2D eigenvalue weighted by Crippen LogP contribution is 2.53. The highest BCUT2D eigenvalue weighted by Gasteiger charge is 2.55. The van der Waals surface area contributed by atoms with Crippen LogP contribution in [0.3, 0.4) is 0 Å². The minimum absolute atomic E-state index is 0.445. The highest BCUT2D eigenvalue weighted by atomic mass is 16.5. The Morgan fingerprint density at radius 3 is 2.63 bits per heavy atom. The number of hydrogen-bond acceptors (Lipinski definition) is 3. The maximum absolute atomic E-state index is 5.99. The van der Waals surface area contributed by atoms with Crippen LogP contribution in [0.1, 0.15) is 52.4 Å². The molecule has 0 bridgehead atoms.